The molecule has 0 saturated heterocycles. The highest BCUT2D eigenvalue weighted by atomic mass is 35.5. The fraction of sp³-hybridized carbons (Fsp3) is 0.250. The second kappa shape index (κ2) is 8.87. The first-order valence-electron chi connectivity index (χ1n) is 8.60. The molecule has 1 aromatic carbocycles. The van der Waals surface area contributed by atoms with E-state index in [-0.39, 0.29) is 17.1 Å². The van der Waals surface area contributed by atoms with Crippen LogP contribution in [-0.2, 0) is 0 Å². The van der Waals surface area contributed by atoms with E-state index in [1.54, 1.807) is 36.2 Å². The van der Waals surface area contributed by atoms with Crippen LogP contribution < -0.4 is 5.32 Å². The molecule has 0 bridgehead atoms. The van der Waals surface area contributed by atoms with Gasteiger partial charge in [-0.2, -0.15) is 0 Å². The predicted molar refractivity (Wildman–Crippen MR) is 114 cm³/mol. The summed E-state index contributed by atoms with van der Waals surface area (Å²) in [6, 6.07) is 13.1. The quantitative estimate of drug-likeness (QED) is 0.470. The molecule has 0 aliphatic heterocycles. The van der Waals surface area contributed by atoms with Gasteiger partial charge in [-0.05, 0) is 36.6 Å². The molecule has 27 heavy (non-hydrogen) atoms. The molecule has 2 heterocycles. The lowest BCUT2D eigenvalue weighted by molar-refractivity contribution is 0.102. The van der Waals surface area contributed by atoms with Gasteiger partial charge in [-0.15, -0.1) is 11.8 Å². The minimum absolute atomic E-state index is 0.177. The monoisotopic (exact) mass is 417 g/mol. The van der Waals surface area contributed by atoms with Crippen molar-refractivity contribution in [3.63, 3.8) is 0 Å². The molecular weight excluding hydrogens is 398 g/mol. The zero-order chi connectivity index (χ0) is 19.4. The molecule has 1 amide bonds. The highest BCUT2D eigenvalue weighted by molar-refractivity contribution is 8.01. The zero-order valence-corrected chi connectivity index (χ0v) is 17.7. The van der Waals surface area contributed by atoms with E-state index < -0.39 is 0 Å². The van der Waals surface area contributed by atoms with Gasteiger partial charge in [-0.3, -0.25) is 15.1 Å². The lowest BCUT2D eigenvalue weighted by Gasteiger charge is -2.13. The first kappa shape index (κ1) is 19.9. The van der Waals surface area contributed by atoms with E-state index in [1.165, 1.54) is 11.3 Å². The SMILES string of the molecule is CC(C)c1nc(NC(=O)c2ccccn2)sc1SC(C)c1ccccc1Cl. The molecule has 0 aliphatic rings. The smallest absolute Gasteiger partial charge is 0.276 e. The van der Waals surface area contributed by atoms with Crippen molar-refractivity contribution in [1.82, 2.24) is 9.97 Å². The van der Waals surface area contributed by atoms with Crippen LogP contribution in [0.4, 0.5) is 5.13 Å². The molecule has 0 fully saturated rings. The standard InChI is InChI=1S/C20H20ClN3OS2/c1-12(2)17-19(26-13(3)14-8-4-5-9-15(14)21)27-20(23-17)24-18(25)16-10-6-7-11-22-16/h4-13H,1-3H3,(H,23,24,25). The van der Waals surface area contributed by atoms with E-state index >= 15 is 0 Å². The molecule has 4 nitrogen and oxygen atoms in total. The Morgan fingerprint density at radius 3 is 2.56 bits per heavy atom. The number of thiazole rings is 1. The van der Waals surface area contributed by atoms with Crippen LogP contribution in [0.1, 0.15) is 53.7 Å². The van der Waals surface area contributed by atoms with Crippen LogP contribution in [0.25, 0.3) is 0 Å². The summed E-state index contributed by atoms with van der Waals surface area (Å²) < 4.78 is 1.09. The van der Waals surface area contributed by atoms with Crippen molar-refractivity contribution in [2.24, 2.45) is 0 Å². The number of nitrogens with zero attached hydrogens (tertiary/aromatic N) is 2. The van der Waals surface area contributed by atoms with Gasteiger partial charge in [-0.25, -0.2) is 4.98 Å². The van der Waals surface area contributed by atoms with E-state index in [2.05, 4.69) is 36.1 Å². The molecule has 0 saturated carbocycles. The van der Waals surface area contributed by atoms with Gasteiger partial charge in [0.25, 0.3) is 5.91 Å². The molecule has 0 spiro atoms. The van der Waals surface area contributed by atoms with Crippen molar-refractivity contribution in [1.29, 1.82) is 0 Å². The summed E-state index contributed by atoms with van der Waals surface area (Å²) in [5, 5.41) is 4.39. The van der Waals surface area contributed by atoms with E-state index in [4.69, 9.17) is 11.6 Å². The molecule has 1 N–H and O–H groups in total. The van der Waals surface area contributed by atoms with Crippen LogP contribution in [0, 0.1) is 0 Å². The number of halogens is 1. The fourth-order valence-electron chi connectivity index (χ4n) is 2.51. The van der Waals surface area contributed by atoms with Gasteiger partial charge in [-0.1, -0.05) is 61.1 Å². The largest absolute Gasteiger partial charge is 0.296 e. The van der Waals surface area contributed by atoms with Gasteiger partial charge >= 0.3 is 0 Å². The summed E-state index contributed by atoms with van der Waals surface area (Å²) in [5.41, 5.74) is 2.45. The van der Waals surface area contributed by atoms with Crippen LogP contribution in [0.2, 0.25) is 5.02 Å². The summed E-state index contributed by atoms with van der Waals surface area (Å²) in [5.74, 6) is -0.00180. The number of benzene rings is 1. The van der Waals surface area contributed by atoms with Gasteiger partial charge < -0.3 is 0 Å². The number of carbonyl (C=O) groups excluding carboxylic acids is 1. The Morgan fingerprint density at radius 2 is 1.89 bits per heavy atom. The van der Waals surface area contributed by atoms with Crippen LogP contribution in [-0.4, -0.2) is 15.9 Å². The zero-order valence-electron chi connectivity index (χ0n) is 15.3. The number of anilines is 1. The molecule has 0 radical (unpaired) electrons. The molecule has 1 atom stereocenters. The van der Waals surface area contributed by atoms with Crippen molar-refractivity contribution < 1.29 is 4.79 Å². The Morgan fingerprint density at radius 1 is 1.15 bits per heavy atom. The molecule has 0 aliphatic carbocycles. The predicted octanol–water partition coefficient (Wildman–Crippen LogP) is 6.42. The Labute approximate surface area is 172 Å². The van der Waals surface area contributed by atoms with Gasteiger partial charge in [0, 0.05) is 16.5 Å². The van der Waals surface area contributed by atoms with E-state index in [0.717, 1.165) is 20.5 Å². The number of rotatable bonds is 6. The maximum absolute atomic E-state index is 12.4. The molecule has 3 aromatic rings. The lowest BCUT2D eigenvalue weighted by atomic mass is 10.2. The Balaban J connectivity index is 1.81. The minimum Gasteiger partial charge on any atom is -0.296 e. The Hall–Kier alpha value is -1.89. The number of hydrogen-bond acceptors (Lipinski definition) is 5. The van der Waals surface area contributed by atoms with Gasteiger partial charge in [0.2, 0.25) is 0 Å². The summed E-state index contributed by atoms with van der Waals surface area (Å²) in [6.45, 7) is 6.33. The van der Waals surface area contributed by atoms with Crippen molar-refractivity contribution in [3.05, 3.63) is 70.6 Å². The molecular formula is C20H20ClN3OS2. The van der Waals surface area contributed by atoms with Crippen molar-refractivity contribution >= 4 is 45.7 Å². The van der Waals surface area contributed by atoms with Crippen molar-refractivity contribution in [2.45, 2.75) is 36.1 Å². The Kier molecular flexibility index (Phi) is 6.52. The van der Waals surface area contributed by atoms with Gasteiger partial charge in [0.05, 0.1) is 9.90 Å². The van der Waals surface area contributed by atoms with Crippen LogP contribution in [0.3, 0.4) is 0 Å². The molecule has 2 aromatic heterocycles. The van der Waals surface area contributed by atoms with E-state index in [1.807, 2.05) is 24.3 Å². The topological polar surface area (TPSA) is 54.9 Å². The highest BCUT2D eigenvalue weighted by Crippen LogP contribution is 2.44. The van der Waals surface area contributed by atoms with Gasteiger partial charge in [0.1, 0.15) is 5.69 Å². The second-order valence-corrected chi connectivity index (χ2v) is 9.31. The molecule has 1 unspecified atom stereocenters. The average Bonchev–Trinajstić information content (AvgIpc) is 3.05. The average molecular weight is 418 g/mol. The number of aromatic nitrogens is 2. The van der Waals surface area contributed by atoms with Crippen LogP contribution in [0.15, 0.2) is 52.9 Å². The normalized spacial score (nSPS) is 12.2. The van der Waals surface area contributed by atoms with Crippen LogP contribution >= 0.6 is 34.7 Å². The molecule has 3 rings (SSSR count). The summed E-state index contributed by atoms with van der Waals surface area (Å²) >= 11 is 9.54. The lowest BCUT2D eigenvalue weighted by Crippen LogP contribution is -2.13. The third kappa shape index (κ3) is 4.89. The first-order valence-corrected chi connectivity index (χ1v) is 10.7. The fourth-order valence-corrected chi connectivity index (χ4v) is 5.64. The third-order valence-electron chi connectivity index (χ3n) is 3.91. The van der Waals surface area contributed by atoms with Gasteiger partial charge in [0.15, 0.2) is 5.13 Å². The number of amides is 1. The molecule has 7 heteroatoms. The number of nitrogens with one attached hydrogen (secondary N) is 1. The number of hydrogen-bond donors (Lipinski definition) is 1. The van der Waals surface area contributed by atoms with E-state index in [0.29, 0.717) is 10.8 Å². The summed E-state index contributed by atoms with van der Waals surface area (Å²) in [4.78, 5) is 21.1. The highest BCUT2D eigenvalue weighted by Gasteiger charge is 2.20. The van der Waals surface area contributed by atoms with Crippen molar-refractivity contribution in [2.75, 3.05) is 5.32 Å². The van der Waals surface area contributed by atoms with Crippen molar-refractivity contribution in [3.8, 4) is 0 Å². The first-order chi connectivity index (χ1) is 13.0. The number of pyridine rings is 1. The van der Waals surface area contributed by atoms with E-state index in [9.17, 15) is 4.79 Å². The van der Waals surface area contributed by atoms with Crippen LogP contribution in [0.5, 0.6) is 0 Å². The maximum Gasteiger partial charge on any atom is 0.276 e. The minimum atomic E-state index is -0.254. The summed E-state index contributed by atoms with van der Waals surface area (Å²) in [7, 11) is 0. The Bertz CT molecular complexity index is 928. The summed E-state index contributed by atoms with van der Waals surface area (Å²) in [6.07, 6.45) is 1.60. The maximum atomic E-state index is 12.4. The second-order valence-electron chi connectivity index (χ2n) is 6.30. The number of thioether (sulfide) groups is 1. The number of carbonyl (C=O) groups is 1. The third-order valence-corrected chi connectivity index (χ3v) is 6.61. The molecule has 140 valence electrons.